The van der Waals surface area contributed by atoms with Gasteiger partial charge in [0.1, 0.15) is 17.5 Å². The van der Waals surface area contributed by atoms with Gasteiger partial charge in [0.05, 0.1) is 18.5 Å². The number of rotatable bonds is 4. The monoisotopic (exact) mass is 402 g/mol. The first-order valence-corrected chi connectivity index (χ1v) is 9.76. The number of ether oxygens (including phenoxy) is 1. The number of hydrogen-bond donors (Lipinski definition) is 1. The third-order valence-corrected chi connectivity index (χ3v) is 5.16. The quantitative estimate of drug-likeness (QED) is 0.700. The molecule has 30 heavy (non-hydrogen) atoms. The van der Waals surface area contributed by atoms with Crippen LogP contribution in [0.2, 0.25) is 0 Å². The van der Waals surface area contributed by atoms with Crippen LogP contribution in [0, 0.1) is 18.3 Å². The molecule has 1 fully saturated rings. The Morgan fingerprint density at radius 1 is 1.03 bits per heavy atom. The molecule has 1 aliphatic heterocycles. The van der Waals surface area contributed by atoms with Crippen LogP contribution in [0.5, 0.6) is 6.01 Å². The van der Waals surface area contributed by atoms with Crippen LogP contribution in [-0.2, 0) is 0 Å². The van der Waals surface area contributed by atoms with Crippen LogP contribution in [0.15, 0.2) is 24.7 Å². The molecule has 1 saturated heterocycles. The topological polar surface area (TPSA) is 127 Å². The third-order valence-electron chi connectivity index (χ3n) is 5.16. The van der Waals surface area contributed by atoms with Gasteiger partial charge in [0.15, 0.2) is 0 Å². The highest BCUT2D eigenvalue weighted by atomic mass is 16.5. The number of anilines is 2. The van der Waals surface area contributed by atoms with E-state index in [1.165, 1.54) is 13.5 Å². The number of aryl methyl sites for hydroxylation is 1. The number of hydrogen-bond acceptors (Lipinski definition) is 9. The van der Waals surface area contributed by atoms with Crippen LogP contribution in [0.3, 0.4) is 0 Å². The highest BCUT2D eigenvalue weighted by molar-refractivity contribution is 5.79. The summed E-state index contributed by atoms with van der Waals surface area (Å²) in [6.07, 6.45) is 8.52. The Balaban J connectivity index is 1.75. The van der Waals surface area contributed by atoms with Gasteiger partial charge < -0.3 is 15.4 Å². The maximum Gasteiger partial charge on any atom is 0.316 e. The minimum Gasteiger partial charge on any atom is -0.467 e. The van der Waals surface area contributed by atoms with E-state index >= 15 is 0 Å². The minimum atomic E-state index is 0.139. The molecule has 0 unspecified atom stereocenters. The van der Waals surface area contributed by atoms with E-state index in [0.29, 0.717) is 16.8 Å². The fourth-order valence-corrected chi connectivity index (χ4v) is 3.56. The Bertz CT molecular complexity index is 1100. The number of nitrogen functional groups attached to an aromatic ring is 1. The van der Waals surface area contributed by atoms with Crippen LogP contribution < -0.4 is 15.4 Å². The second kappa shape index (κ2) is 8.29. The van der Waals surface area contributed by atoms with Crippen LogP contribution in [-0.4, -0.2) is 45.1 Å². The zero-order valence-corrected chi connectivity index (χ0v) is 17.0. The molecule has 0 atom stereocenters. The SMILES string of the molecule is COc1ncc(-c2cc(-c3cnc(N4CCCCC4)nc3C)nc(N)c2C#N)cn1. The van der Waals surface area contributed by atoms with E-state index in [4.69, 9.17) is 15.5 Å². The standard InChI is InChI=1S/C21H22N8O/c1-13-17(12-24-20(27-13)29-6-4-3-5-7-29)18-8-15(16(9-22)19(23)28-18)14-10-25-21(30-2)26-11-14/h8,10-12H,3-7H2,1-2H3,(H2,23,28). The van der Waals surface area contributed by atoms with Gasteiger partial charge in [0.2, 0.25) is 5.95 Å². The number of piperidine rings is 1. The summed E-state index contributed by atoms with van der Waals surface area (Å²) in [4.78, 5) is 24.2. The molecule has 9 heteroatoms. The number of nitrogens with zero attached hydrogens (tertiary/aromatic N) is 7. The Hall–Kier alpha value is -3.80. The molecule has 4 rings (SSSR count). The molecule has 0 aliphatic carbocycles. The van der Waals surface area contributed by atoms with Gasteiger partial charge >= 0.3 is 6.01 Å². The average Bonchev–Trinajstić information content (AvgIpc) is 2.79. The van der Waals surface area contributed by atoms with Gasteiger partial charge in [-0.25, -0.2) is 24.9 Å². The van der Waals surface area contributed by atoms with Crippen LogP contribution in [0.1, 0.15) is 30.5 Å². The normalized spacial score (nSPS) is 13.7. The largest absolute Gasteiger partial charge is 0.467 e. The molecule has 0 amide bonds. The van der Waals surface area contributed by atoms with Gasteiger partial charge in [0, 0.05) is 48.4 Å². The van der Waals surface area contributed by atoms with Gasteiger partial charge in [-0.2, -0.15) is 5.26 Å². The summed E-state index contributed by atoms with van der Waals surface area (Å²) in [7, 11) is 1.49. The molecule has 3 aromatic heterocycles. The summed E-state index contributed by atoms with van der Waals surface area (Å²) >= 11 is 0. The van der Waals surface area contributed by atoms with Crippen molar-refractivity contribution < 1.29 is 4.74 Å². The van der Waals surface area contributed by atoms with E-state index in [9.17, 15) is 5.26 Å². The zero-order valence-electron chi connectivity index (χ0n) is 17.0. The van der Waals surface area contributed by atoms with E-state index in [-0.39, 0.29) is 17.4 Å². The third kappa shape index (κ3) is 3.72. The average molecular weight is 402 g/mol. The summed E-state index contributed by atoms with van der Waals surface area (Å²) in [5.41, 5.74) is 9.80. The van der Waals surface area contributed by atoms with E-state index in [2.05, 4.69) is 30.9 Å². The summed E-state index contributed by atoms with van der Waals surface area (Å²) in [5, 5.41) is 9.59. The lowest BCUT2D eigenvalue weighted by molar-refractivity contribution is 0.380. The van der Waals surface area contributed by atoms with Gasteiger partial charge in [-0.3, -0.25) is 0 Å². The summed E-state index contributed by atoms with van der Waals surface area (Å²) in [6, 6.07) is 4.17. The smallest absolute Gasteiger partial charge is 0.316 e. The molecule has 0 saturated carbocycles. The van der Waals surface area contributed by atoms with Gasteiger partial charge in [-0.1, -0.05) is 0 Å². The molecule has 152 valence electrons. The van der Waals surface area contributed by atoms with Gasteiger partial charge in [-0.05, 0) is 32.3 Å². The van der Waals surface area contributed by atoms with Crippen molar-refractivity contribution >= 4 is 11.8 Å². The van der Waals surface area contributed by atoms with Gasteiger partial charge in [-0.15, -0.1) is 0 Å². The zero-order chi connectivity index (χ0) is 21.1. The number of aromatic nitrogens is 5. The Labute approximate surface area is 174 Å². The molecule has 3 aromatic rings. The molecule has 1 aliphatic rings. The van der Waals surface area contributed by atoms with Crippen molar-refractivity contribution in [3.8, 4) is 34.5 Å². The maximum absolute atomic E-state index is 9.59. The van der Waals surface area contributed by atoms with Crippen LogP contribution >= 0.6 is 0 Å². The highest BCUT2D eigenvalue weighted by Gasteiger charge is 2.18. The first kappa shape index (κ1) is 19.5. The highest BCUT2D eigenvalue weighted by Crippen LogP contribution is 2.32. The van der Waals surface area contributed by atoms with Crippen LogP contribution in [0.4, 0.5) is 11.8 Å². The second-order valence-electron chi connectivity index (χ2n) is 7.10. The van der Waals surface area contributed by atoms with E-state index < -0.39 is 0 Å². The Kier molecular flexibility index (Phi) is 5.39. The summed E-state index contributed by atoms with van der Waals surface area (Å²) < 4.78 is 5.01. The van der Waals surface area contributed by atoms with Crippen molar-refractivity contribution in [2.24, 2.45) is 0 Å². The lowest BCUT2D eigenvalue weighted by Crippen LogP contribution is -2.31. The van der Waals surface area contributed by atoms with Crippen molar-refractivity contribution in [1.29, 1.82) is 5.26 Å². The second-order valence-corrected chi connectivity index (χ2v) is 7.10. The number of pyridine rings is 1. The van der Waals surface area contributed by atoms with E-state index in [0.717, 1.165) is 43.1 Å². The molecule has 2 N–H and O–H groups in total. The molecule has 0 spiro atoms. The summed E-state index contributed by atoms with van der Waals surface area (Å²) in [6.45, 7) is 3.88. The molecular formula is C21H22N8O. The minimum absolute atomic E-state index is 0.139. The number of methoxy groups -OCH3 is 1. The van der Waals surface area contributed by atoms with Crippen molar-refractivity contribution in [2.75, 3.05) is 30.8 Å². The predicted molar refractivity (Wildman–Crippen MR) is 113 cm³/mol. The fourth-order valence-electron chi connectivity index (χ4n) is 3.56. The van der Waals surface area contributed by atoms with Crippen molar-refractivity contribution in [3.05, 3.63) is 35.9 Å². The molecule has 4 heterocycles. The van der Waals surface area contributed by atoms with Crippen molar-refractivity contribution in [3.63, 3.8) is 0 Å². The molecule has 0 aromatic carbocycles. The summed E-state index contributed by atoms with van der Waals surface area (Å²) in [5.74, 6) is 0.877. The lowest BCUT2D eigenvalue weighted by Gasteiger charge is -2.27. The molecule has 9 nitrogen and oxygen atoms in total. The number of nitriles is 1. The predicted octanol–water partition coefficient (Wildman–Crippen LogP) is 2.76. The van der Waals surface area contributed by atoms with E-state index in [1.807, 2.05) is 6.92 Å². The Morgan fingerprint density at radius 2 is 1.77 bits per heavy atom. The lowest BCUT2D eigenvalue weighted by atomic mass is 10.0. The molecular weight excluding hydrogens is 380 g/mol. The fraction of sp³-hybridized carbons (Fsp3) is 0.333. The van der Waals surface area contributed by atoms with Crippen molar-refractivity contribution in [2.45, 2.75) is 26.2 Å². The Morgan fingerprint density at radius 3 is 2.40 bits per heavy atom. The molecule has 0 bridgehead atoms. The maximum atomic E-state index is 9.59. The first-order valence-electron chi connectivity index (χ1n) is 9.76. The van der Waals surface area contributed by atoms with Crippen molar-refractivity contribution in [1.82, 2.24) is 24.9 Å². The first-order chi connectivity index (χ1) is 14.6. The number of nitrogens with two attached hydrogens (primary N) is 1. The van der Waals surface area contributed by atoms with Gasteiger partial charge in [0.25, 0.3) is 0 Å². The van der Waals surface area contributed by atoms with E-state index in [1.54, 1.807) is 24.7 Å². The molecule has 0 radical (unpaired) electrons. The van der Waals surface area contributed by atoms with Crippen LogP contribution in [0.25, 0.3) is 22.4 Å².